The standard InChI is InChI=1S/C22H34N6O3/c1-26-12-9-23-20(26)16-27-10-6-22(7-11-27)5-3-18(31-17-22)15-24-21(29)19-4-8-25-28(19)13-14-30-2/h4,8-9,12,18H,3,5-7,10-11,13-17H2,1-2H3,(H,24,29). The number of imidazole rings is 1. The Bertz CT molecular complexity index is 845. The molecule has 170 valence electrons. The van der Waals surface area contributed by atoms with Gasteiger partial charge in [0.05, 0.1) is 32.4 Å². The quantitative estimate of drug-likeness (QED) is 0.682. The minimum Gasteiger partial charge on any atom is -0.383 e. The van der Waals surface area contributed by atoms with Gasteiger partial charge in [-0.1, -0.05) is 0 Å². The van der Waals surface area contributed by atoms with Crippen molar-refractivity contribution in [3.05, 3.63) is 36.2 Å². The summed E-state index contributed by atoms with van der Waals surface area (Å²) in [5, 5.41) is 7.21. The van der Waals surface area contributed by atoms with Crippen LogP contribution in [0.2, 0.25) is 0 Å². The number of likely N-dealkylation sites (tertiary alicyclic amines) is 1. The number of rotatable bonds is 8. The minimum atomic E-state index is -0.111. The van der Waals surface area contributed by atoms with Gasteiger partial charge in [0, 0.05) is 39.3 Å². The molecule has 2 aromatic rings. The van der Waals surface area contributed by atoms with E-state index >= 15 is 0 Å². The molecule has 1 atom stereocenters. The lowest BCUT2D eigenvalue weighted by Gasteiger charge is -2.45. The zero-order chi connectivity index (χ0) is 21.7. The Morgan fingerprint density at radius 2 is 2.16 bits per heavy atom. The first-order valence-electron chi connectivity index (χ1n) is 11.2. The molecule has 0 bridgehead atoms. The molecular formula is C22H34N6O3. The molecule has 4 rings (SSSR count). The molecule has 2 aromatic heterocycles. The summed E-state index contributed by atoms with van der Waals surface area (Å²) in [5.74, 6) is 1.01. The Balaban J connectivity index is 1.19. The van der Waals surface area contributed by atoms with Gasteiger partial charge in [0.1, 0.15) is 11.5 Å². The van der Waals surface area contributed by atoms with Crippen molar-refractivity contribution >= 4 is 5.91 Å². The lowest BCUT2D eigenvalue weighted by Crippen LogP contribution is -2.47. The van der Waals surface area contributed by atoms with E-state index in [1.807, 2.05) is 12.4 Å². The molecule has 2 aliphatic heterocycles. The van der Waals surface area contributed by atoms with Crippen LogP contribution in [0.15, 0.2) is 24.7 Å². The smallest absolute Gasteiger partial charge is 0.269 e. The fourth-order valence-electron chi connectivity index (χ4n) is 4.59. The summed E-state index contributed by atoms with van der Waals surface area (Å²) in [6.07, 6.45) is 10.1. The Labute approximate surface area is 183 Å². The fourth-order valence-corrected chi connectivity index (χ4v) is 4.59. The fraction of sp³-hybridized carbons (Fsp3) is 0.682. The topological polar surface area (TPSA) is 86.4 Å². The van der Waals surface area contributed by atoms with Gasteiger partial charge in [0.2, 0.25) is 0 Å². The molecule has 9 heteroatoms. The number of aromatic nitrogens is 4. The van der Waals surface area contributed by atoms with Crippen LogP contribution in [-0.2, 0) is 29.6 Å². The summed E-state index contributed by atoms with van der Waals surface area (Å²) in [6.45, 7) is 5.49. The Morgan fingerprint density at radius 1 is 1.32 bits per heavy atom. The van der Waals surface area contributed by atoms with Crippen molar-refractivity contribution in [3.8, 4) is 0 Å². The van der Waals surface area contributed by atoms with Crippen LogP contribution in [0.5, 0.6) is 0 Å². The average Bonchev–Trinajstić information content (AvgIpc) is 3.42. The molecule has 2 aliphatic rings. The highest BCUT2D eigenvalue weighted by atomic mass is 16.5. The van der Waals surface area contributed by atoms with Gasteiger partial charge in [-0.25, -0.2) is 4.98 Å². The average molecular weight is 431 g/mol. The van der Waals surface area contributed by atoms with Crippen LogP contribution in [-0.4, -0.2) is 76.2 Å². The molecule has 0 radical (unpaired) electrons. The molecule has 4 heterocycles. The number of ether oxygens (including phenoxy) is 2. The molecule has 1 spiro atoms. The second-order valence-electron chi connectivity index (χ2n) is 8.84. The highest BCUT2D eigenvalue weighted by Gasteiger charge is 2.39. The van der Waals surface area contributed by atoms with Crippen molar-refractivity contribution in [1.82, 2.24) is 29.5 Å². The van der Waals surface area contributed by atoms with Crippen LogP contribution in [0.1, 0.15) is 42.0 Å². The molecule has 0 saturated carbocycles. The second kappa shape index (κ2) is 9.93. The lowest BCUT2D eigenvalue weighted by molar-refractivity contribution is -0.0846. The van der Waals surface area contributed by atoms with Crippen molar-refractivity contribution in [3.63, 3.8) is 0 Å². The summed E-state index contributed by atoms with van der Waals surface area (Å²) >= 11 is 0. The van der Waals surface area contributed by atoms with E-state index in [4.69, 9.17) is 9.47 Å². The van der Waals surface area contributed by atoms with Gasteiger partial charge >= 0.3 is 0 Å². The summed E-state index contributed by atoms with van der Waals surface area (Å²) in [5.41, 5.74) is 0.849. The predicted octanol–water partition coefficient (Wildman–Crippen LogP) is 1.45. The van der Waals surface area contributed by atoms with Gasteiger partial charge in [0.15, 0.2) is 0 Å². The SMILES string of the molecule is COCCn1nccc1C(=O)NCC1CCC2(CCN(Cc3nccn3C)CC2)CO1. The highest BCUT2D eigenvalue weighted by Crippen LogP contribution is 2.40. The first-order chi connectivity index (χ1) is 15.1. The largest absolute Gasteiger partial charge is 0.383 e. The second-order valence-corrected chi connectivity index (χ2v) is 8.84. The van der Waals surface area contributed by atoms with E-state index in [1.54, 1.807) is 24.1 Å². The third-order valence-corrected chi connectivity index (χ3v) is 6.77. The number of hydrogen-bond donors (Lipinski definition) is 1. The minimum absolute atomic E-state index is 0.0792. The third-order valence-electron chi connectivity index (χ3n) is 6.77. The number of hydrogen-bond acceptors (Lipinski definition) is 6. The van der Waals surface area contributed by atoms with Gasteiger partial charge in [-0.05, 0) is 50.3 Å². The van der Waals surface area contributed by atoms with Crippen molar-refractivity contribution < 1.29 is 14.3 Å². The Morgan fingerprint density at radius 3 is 2.84 bits per heavy atom. The molecule has 0 aromatic carbocycles. The Hall–Kier alpha value is -2.23. The van der Waals surface area contributed by atoms with Crippen molar-refractivity contribution in [2.24, 2.45) is 12.5 Å². The Kier molecular flexibility index (Phi) is 7.04. The summed E-state index contributed by atoms with van der Waals surface area (Å²) in [4.78, 5) is 19.5. The van der Waals surface area contributed by atoms with Crippen LogP contribution >= 0.6 is 0 Å². The van der Waals surface area contributed by atoms with Gasteiger partial charge in [0.25, 0.3) is 5.91 Å². The molecule has 9 nitrogen and oxygen atoms in total. The lowest BCUT2D eigenvalue weighted by atomic mass is 9.73. The maximum atomic E-state index is 12.5. The zero-order valence-corrected chi connectivity index (χ0v) is 18.6. The number of piperidine rings is 1. The van der Waals surface area contributed by atoms with E-state index in [2.05, 4.69) is 31.9 Å². The van der Waals surface area contributed by atoms with E-state index in [0.717, 1.165) is 57.7 Å². The first kappa shape index (κ1) is 22.0. The van der Waals surface area contributed by atoms with Crippen LogP contribution in [0, 0.1) is 5.41 Å². The van der Waals surface area contributed by atoms with Gasteiger partial charge < -0.3 is 19.4 Å². The summed E-state index contributed by atoms with van der Waals surface area (Å²) in [6, 6.07) is 1.74. The summed E-state index contributed by atoms with van der Waals surface area (Å²) < 4.78 is 15.0. The van der Waals surface area contributed by atoms with E-state index < -0.39 is 0 Å². The normalized spacial score (nSPS) is 21.4. The van der Waals surface area contributed by atoms with Crippen LogP contribution in [0.3, 0.4) is 0 Å². The number of carbonyl (C=O) groups excluding carboxylic acids is 1. The number of methoxy groups -OCH3 is 1. The zero-order valence-electron chi connectivity index (χ0n) is 18.6. The van der Waals surface area contributed by atoms with Crippen LogP contribution in [0.25, 0.3) is 0 Å². The van der Waals surface area contributed by atoms with Crippen molar-refractivity contribution in [1.29, 1.82) is 0 Å². The van der Waals surface area contributed by atoms with Crippen molar-refractivity contribution in [2.45, 2.75) is 44.9 Å². The molecule has 1 N–H and O–H groups in total. The monoisotopic (exact) mass is 430 g/mol. The number of nitrogens with one attached hydrogen (secondary N) is 1. The molecule has 1 unspecified atom stereocenters. The van der Waals surface area contributed by atoms with E-state index in [9.17, 15) is 4.79 Å². The maximum absolute atomic E-state index is 12.5. The molecular weight excluding hydrogens is 396 g/mol. The maximum Gasteiger partial charge on any atom is 0.269 e. The highest BCUT2D eigenvalue weighted by molar-refractivity contribution is 5.92. The van der Waals surface area contributed by atoms with Crippen LogP contribution < -0.4 is 5.32 Å². The number of aryl methyl sites for hydroxylation is 1. The molecule has 1 amide bonds. The van der Waals surface area contributed by atoms with E-state index in [1.165, 1.54) is 0 Å². The predicted molar refractivity (Wildman–Crippen MR) is 116 cm³/mol. The van der Waals surface area contributed by atoms with Gasteiger partial charge in [-0.3, -0.25) is 14.4 Å². The van der Waals surface area contributed by atoms with Gasteiger partial charge in [-0.15, -0.1) is 0 Å². The molecule has 0 aliphatic carbocycles. The number of nitrogens with zero attached hydrogens (tertiary/aromatic N) is 5. The number of amides is 1. The molecule has 2 saturated heterocycles. The van der Waals surface area contributed by atoms with E-state index in [0.29, 0.717) is 25.4 Å². The summed E-state index contributed by atoms with van der Waals surface area (Å²) in [7, 11) is 3.69. The van der Waals surface area contributed by atoms with E-state index in [-0.39, 0.29) is 17.4 Å². The van der Waals surface area contributed by atoms with Crippen molar-refractivity contribution in [2.75, 3.05) is 40.0 Å². The first-order valence-corrected chi connectivity index (χ1v) is 11.2. The number of carbonyl (C=O) groups is 1. The van der Waals surface area contributed by atoms with Gasteiger partial charge in [-0.2, -0.15) is 5.10 Å². The van der Waals surface area contributed by atoms with Crippen LogP contribution in [0.4, 0.5) is 0 Å². The molecule has 2 fully saturated rings. The molecule has 31 heavy (non-hydrogen) atoms. The third kappa shape index (κ3) is 5.34.